The second-order valence-electron chi connectivity index (χ2n) is 6.00. The van der Waals surface area contributed by atoms with Gasteiger partial charge < -0.3 is 14.9 Å². The topological polar surface area (TPSA) is 91.2 Å². The van der Waals surface area contributed by atoms with Crippen LogP contribution in [-0.2, 0) is 6.61 Å². The maximum atomic E-state index is 13.1. The molecule has 6 nitrogen and oxygen atoms in total. The molecule has 0 unspecified atom stereocenters. The van der Waals surface area contributed by atoms with Gasteiger partial charge in [-0.1, -0.05) is 29.8 Å². The smallest absolute Gasteiger partial charge is 0.271 e. The average Bonchev–Trinajstić information content (AvgIpc) is 2.67. The molecule has 0 saturated carbocycles. The molecule has 3 aromatic rings. The van der Waals surface area contributed by atoms with Gasteiger partial charge in [0.25, 0.3) is 5.91 Å². The van der Waals surface area contributed by atoms with Crippen molar-refractivity contribution in [1.29, 1.82) is 0 Å². The van der Waals surface area contributed by atoms with Crippen LogP contribution in [0, 0.1) is 5.82 Å². The van der Waals surface area contributed by atoms with Gasteiger partial charge in [0.1, 0.15) is 29.7 Å². The summed E-state index contributed by atoms with van der Waals surface area (Å²) in [5, 5.41) is 23.0. The molecular formula is C21H16ClFN2O4. The number of carbonyl (C=O) groups is 1. The maximum Gasteiger partial charge on any atom is 0.271 e. The quantitative estimate of drug-likeness (QED) is 0.415. The predicted molar refractivity (Wildman–Crippen MR) is 107 cm³/mol. The van der Waals surface area contributed by atoms with Crippen LogP contribution < -0.4 is 10.2 Å². The average molecular weight is 415 g/mol. The van der Waals surface area contributed by atoms with Gasteiger partial charge in [0.15, 0.2) is 0 Å². The summed E-state index contributed by atoms with van der Waals surface area (Å²) >= 11 is 6.01. The molecule has 29 heavy (non-hydrogen) atoms. The van der Waals surface area contributed by atoms with Gasteiger partial charge >= 0.3 is 0 Å². The number of hydrazone groups is 1. The number of para-hydroxylation sites is 1. The van der Waals surface area contributed by atoms with Gasteiger partial charge in [0, 0.05) is 22.8 Å². The zero-order valence-corrected chi connectivity index (χ0v) is 15.7. The van der Waals surface area contributed by atoms with E-state index in [0.717, 1.165) is 6.07 Å². The lowest BCUT2D eigenvalue weighted by Gasteiger charge is -2.10. The molecule has 0 spiro atoms. The van der Waals surface area contributed by atoms with Crippen LogP contribution in [0.1, 0.15) is 21.5 Å². The lowest BCUT2D eigenvalue weighted by molar-refractivity contribution is 0.0954. The Kier molecular flexibility index (Phi) is 6.31. The van der Waals surface area contributed by atoms with Crippen molar-refractivity contribution in [3.8, 4) is 17.2 Å². The summed E-state index contributed by atoms with van der Waals surface area (Å²) in [5.41, 5.74) is 3.57. The van der Waals surface area contributed by atoms with Crippen LogP contribution in [0.4, 0.5) is 4.39 Å². The van der Waals surface area contributed by atoms with Crippen LogP contribution in [0.5, 0.6) is 17.2 Å². The molecule has 3 N–H and O–H groups in total. The van der Waals surface area contributed by atoms with Gasteiger partial charge in [-0.05, 0) is 36.4 Å². The summed E-state index contributed by atoms with van der Waals surface area (Å²) < 4.78 is 18.9. The van der Waals surface area contributed by atoms with E-state index in [1.807, 2.05) is 0 Å². The number of amides is 1. The van der Waals surface area contributed by atoms with E-state index in [4.69, 9.17) is 16.3 Å². The third-order valence-electron chi connectivity index (χ3n) is 3.85. The van der Waals surface area contributed by atoms with Gasteiger partial charge in [-0.3, -0.25) is 4.79 Å². The van der Waals surface area contributed by atoms with Crippen molar-refractivity contribution >= 4 is 23.7 Å². The highest BCUT2D eigenvalue weighted by atomic mass is 35.5. The lowest BCUT2D eigenvalue weighted by Crippen LogP contribution is -2.17. The Labute approximate surface area is 170 Å². The fourth-order valence-corrected chi connectivity index (χ4v) is 2.69. The number of carbonyl (C=O) groups excluding carboxylic acids is 1. The number of hydrogen-bond acceptors (Lipinski definition) is 5. The van der Waals surface area contributed by atoms with Gasteiger partial charge in [-0.2, -0.15) is 5.10 Å². The van der Waals surface area contributed by atoms with Crippen molar-refractivity contribution in [2.45, 2.75) is 6.61 Å². The Morgan fingerprint density at radius 1 is 1.10 bits per heavy atom. The van der Waals surface area contributed by atoms with Gasteiger partial charge in [-0.25, -0.2) is 9.82 Å². The molecule has 0 aliphatic carbocycles. The molecule has 3 aromatic carbocycles. The second-order valence-corrected chi connectivity index (χ2v) is 6.41. The molecule has 0 heterocycles. The molecule has 3 rings (SSSR count). The van der Waals surface area contributed by atoms with Gasteiger partial charge in [0.05, 0.1) is 11.2 Å². The van der Waals surface area contributed by atoms with Crippen molar-refractivity contribution in [1.82, 2.24) is 5.43 Å². The molecule has 0 aliphatic rings. The molecule has 0 fully saturated rings. The largest absolute Gasteiger partial charge is 0.508 e. The minimum Gasteiger partial charge on any atom is -0.508 e. The van der Waals surface area contributed by atoms with Crippen molar-refractivity contribution in [2.75, 3.05) is 0 Å². The van der Waals surface area contributed by atoms with E-state index in [1.165, 1.54) is 30.5 Å². The lowest BCUT2D eigenvalue weighted by atomic mass is 10.2. The minimum absolute atomic E-state index is 0.0511. The Balaban J connectivity index is 1.67. The zero-order chi connectivity index (χ0) is 20.8. The molecule has 1 amide bonds. The third-order valence-corrected chi connectivity index (χ3v) is 4.20. The van der Waals surface area contributed by atoms with Crippen LogP contribution in [0.2, 0.25) is 5.02 Å². The summed E-state index contributed by atoms with van der Waals surface area (Å²) in [5.74, 6) is -1.03. The van der Waals surface area contributed by atoms with Crippen molar-refractivity contribution in [3.05, 3.63) is 88.2 Å². The number of benzene rings is 3. The molecule has 0 radical (unpaired) electrons. The first-order valence-electron chi connectivity index (χ1n) is 8.44. The number of nitrogens with one attached hydrogen (secondary N) is 1. The molecule has 0 aromatic heterocycles. The van der Waals surface area contributed by atoms with Crippen molar-refractivity contribution in [2.24, 2.45) is 5.10 Å². The number of nitrogens with zero attached hydrogens (tertiary/aromatic N) is 1. The van der Waals surface area contributed by atoms with Crippen LogP contribution in [0.15, 0.2) is 65.8 Å². The number of aromatic hydroxyl groups is 2. The third kappa shape index (κ3) is 5.46. The fourth-order valence-electron chi connectivity index (χ4n) is 2.46. The van der Waals surface area contributed by atoms with E-state index in [0.29, 0.717) is 16.9 Å². The summed E-state index contributed by atoms with van der Waals surface area (Å²) in [6.07, 6.45) is 1.39. The van der Waals surface area contributed by atoms with Crippen molar-refractivity contribution < 1.29 is 24.1 Å². The van der Waals surface area contributed by atoms with E-state index < -0.39 is 11.7 Å². The van der Waals surface area contributed by atoms with E-state index in [9.17, 15) is 19.4 Å². The molecule has 0 aliphatic heterocycles. The number of ether oxygens (including phenoxy) is 1. The van der Waals surface area contributed by atoms with Gasteiger partial charge in [0.2, 0.25) is 0 Å². The Morgan fingerprint density at radius 3 is 2.55 bits per heavy atom. The van der Waals surface area contributed by atoms with Crippen LogP contribution >= 0.6 is 11.6 Å². The van der Waals surface area contributed by atoms with E-state index in [1.54, 1.807) is 30.3 Å². The summed E-state index contributed by atoms with van der Waals surface area (Å²) in [7, 11) is 0. The first-order chi connectivity index (χ1) is 13.9. The maximum absolute atomic E-state index is 13.1. The minimum atomic E-state index is -0.607. The van der Waals surface area contributed by atoms with Crippen LogP contribution in [0.3, 0.4) is 0 Å². The number of phenols is 2. The Hall–Kier alpha value is -3.58. The van der Waals surface area contributed by atoms with E-state index >= 15 is 0 Å². The van der Waals surface area contributed by atoms with E-state index in [2.05, 4.69) is 10.5 Å². The number of phenolic OH excluding ortho intramolecular Hbond substituents is 2. The number of rotatable bonds is 6. The number of halogens is 2. The SMILES string of the molecule is O=C(NN=Cc1ccccc1OCc1ccc(F)cc1Cl)c1cc(O)cc(O)c1. The molecule has 148 valence electrons. The predicted octanol–water partition coefficient (Wildman–Crippen LogP) is 4.23. The molecule has 0 bridgehead atoms. The summed E-state index contributed by atoms with van der Waals surface area (Å²) in [4.78, 5) is 12.1. The number of hydrogen-bond donors (Lipinski definition) is 3. The molecule has 8 heteroatoms. The molecule has 0 saturated heterocycles. The first-order valence-corrected chi connectivity index (χ1v) is 8.82. The Bertz CT molecular complexity index is 1050. The van der Waals surface area contributed by atoms with E-state index in [-0.39, 0.29) is 28.7 Å². The molecular weight excluding hydrogens is 399 g/mol. The zero-order valence-electron chi connectivity index (χ0n) is 15.0. The highest BCUT2D eigenvalue weighted by Gasteiger charge is 2.08. The van der Waals surface area contributed by atoms with Crippen LogP contribution in [0.25, 0.3) is 0 Å². The monoisotopic (exact) mass is 414 g/mol. The standard InChI is InChI=1S/C21H16ClFN2O4/c22-19-9-16(23)6-5-14(19)12-29-20-4-2-1-3-13(20)11-24-25-21(28)15-7-17(26)10-18(27)8-15/h1-11,26-27H,12H2,(H,25,28). The summed E-state index contributed by atoms with van der Waals surface area (Å²) in [6, 6.07) is 14.6. The highest BCUT2D eigenvalue weighted by Crippen LogP contribution is 2.22. The fraction of sp³-hybridized carbons (Fsp3) is 0.0476. The normalized spacial score (nSPS) is 10.8. The first kappa shape index (κ1) is 20.2. The second kappa shape index (κ2) is 9.07. The Morgan fingerprint density at radius 2 is 1.83 bits per heavy atom. The van der Waals surface area contributed by atoms with Crippen molar-refractivity contribution in [3.63, 3.8) is 0 Å². The van der Waals surface area contributed by atoms with Crippen LogP contribution in [-0.4, -0.2) is 22.3 Å². The van der Waals surface area contributed by atoms with Gasteiger partial charge in [-0.15, -0.1) is 0 Å². The molecule has 0 atom stereocenters. The summed E-state index contributed by atoms with van der Waals surface area (Å²) in [6.45, 7) is 0.124. The highest BCUT2D eigenvalue weighted by molar-refractivity contribution is 6.31.